The Bertz CT molecular complexity index is 725. The number of nitrogens with zero attached hydrogens (tertiary/aromatic N) is 1. The van der Waals surface area contributed by atoms with Crippen LogP contribution in [0.2, 0.25) is 0 Å². The molecule has 80 valence electrons. The Morgan fingerprint density at radius 1 is 1.38 bits per heavy atom. The van der Waals surface area contributed by atoms with Gasteiger partial charge in [-0.15, -0.1) is 0 Å². The molecule has 0 spiro atoms. The van der Waals surface area contributed by atoms with E-state index in [1.54, 1.807) is 6.20 Å². The van der Waals surface area contributed by atoms with Gasteiger partial charge in [0.15, 0.2) is 0 Å². The lowest BCUT2D eigenvalue weighted by atomic mass is 10.1. The number of H-pyrrole nitrogens is 1. The van der Waals surface area contributed by atoms with Crippen molar-refractivity contribution in [2.75, 3.05) is 0 Å². The molecular formula is C12H10N2O2. The molecule has 0 amide bonds. The number of aromatic amines is 1. The van der Waals surface area contributed by atoms with Gasteiger partial charge in [-0.2, -0.15) is 0 Å². The number of rotatable bonds is 1. The van der Waals surface area contributed by atoms with Crippen LogP contribution in [0.15, 0.2) is 33.7 Å². The molecule has 0 saturated carbocycles. The fourth-order valence-electron chi connectivity index (χ4n) is 1.99. The summed E-state index contributed by atoms with van der Waals surface area (Å²) in [6, 6.07) is 5.95. The molecule has 2 aromatic heterocycles. The molecule has 0 unspecified atom stereocenters. The second-order valence-corrected chi connectivity index (χ2v) is 3.71. The molecular weight excluding hydrogens is 204 g/mol. The first-order valence-corrected chi connectivity index (χ1v) is 5.19. The third-order valence-corrected chi connectivity index (χ3v) is 2.83. The number of nitrogens with one attached hydrogen (secondary N) is 1. The highest BCUT2D eigenvalue weighted by Crippen LogP contribution is 2.22. The zero-order valence-corrected chi connectivity index (χ0v) is 8.78. The summed E-state index contributed by atoms with van der Waals surface area (Å²) in [5, 5.41) is 4.09. The van der Waals surface area contributed by atoms with Crippen LogP contribution in [0, 0.1) is 0 Å². The van der Waals surface area contributed by atoms with E-state index in [1.807, 2.05) is 18.2 Å². The van der Waals surface area contributed by atoms with Crippen molar-refractivity contribution in [3.63, 3.8) is 0 Å². The third-order valence-electron chi connectivity index (χ3n) is 2.83. The zero-order valence-electron chi connectivity index (χ0n) is 8.78. The topological polar surface area (TPSA) is 58.9 Å². The summed E-state index contributed by atoms with van der Waals surface area (Å²) >= 11 is 0. The van der Waals surface area contributed by atoms with Crippen LogP contribution in [0.25, 0.3) is 21.8 Å². The molecule has 16 heavy (non-hydrogen) atoms. The first-order chi connectivity index (χ1) is 7.81. The number of hydrogen-bond acceptors (Lipinski definition) is 3. The van der Waals surface area contributed by atoms with Gasteiger partial charge in [-0.05, 0) is 12.0 Å². The SMILES string of the molecule is CCc1cccc2c1ncc1c(=O)o[nH]c12. The number of benzene rings is 1. The Labute approximate surface area is 90.9 Å². The fourth-order valence-corrected chi connectivity index (χ4v) is 1.99. The fraction of sp³-hybridized carbons (Fsp3) is 0.167. The normalized spacial score (nSPS) is 11.3. The summed E-state index contributed by atoms with van der Waals surface area (Å²) in [6.45, 7) is 2.08. The molecule has 0 aliphatic rings. The minimum absolute atomic E-state index is 0.369. The Morgan fingerprint density at radius 2 is 2.25 bits per heavy atom. The zero-order chi connectivity index (χ0) is 11.1. The van der Waals surface area contributed by atoms with Crippen LogP contribution in [-0.4, -0.2) is 10.1 Å². The Balaban J connectivity index is 2.57. The predicted octanol–water partition coefficient (Wildman–Crippen LogP) is 2.23. The summed E-state index contributed by atoms with van der Waals surface area (Å²) in [6.07, 6.45) is 2.48. The maximum atomic E-state index is 11.3. The van der Waals surface area contributed by atoms with E-state index >= 15 is 0 Å². The van der Waals surface area contributed by atoms with Crippen molar-refractivity contribution in [3.05, 3.63) is 40.4 Å². The molecule has 3 aromatic rings. The van der Waals surface area contributed by atoms with Crippen molar-refractivity contribution < 1.29 is 4.52 Å². The first-order valence-electron chi connectivity index (χ1n) is 5.19. The van der Waals surface area contributed by atoms with Crippen LogP contribution >= 0.6 is 0 Å². The molecule has 0 aliphatic carbocycles. The number of aromatic nitrogens is 2. The van der Waals surface area contributed by atoms with E-state index in [9.17, 15) is 4.79 Å². The van der Waals surface area contributed by atoms with Crippen molar-refractivity contribution >= 4 is 21.8 Å². The monoisotopic (exact) mass is 214 g/mol. The lowest BCUT2D eigenvalue weighted by Crippen LogP contribution is -1.93. The van der Waals surface area contributed by atoms with E-state index in [0.717, 1.165) is 22.8 Å². The van der Waals surface area contributed by atoms with Crippen LogP contribution < -0.4 is 5.63 Å². The molecule has 4 heteroatoms. The highest BCUT2D eigenvalue weighted by atomic mass is 16.5. The Kier molecular flexibility index (Phi) is 1.83. The molecule has 0 atom stereocenters. The second-order valence-electron chi connectivity index (χ2n) is 3.71. The number of hydrogen-bond donors (Lipinski definition) is 1. The molecule has 1 N–H and O–H groups in total. The maximum Gasteiger partial charge on any atom is 0.366 e. The van der Waals surface area contributed by atoms with E-state index in [-0.39, 0.29) is 5.63 Å². The molecule has 0 saturated heterocycles. The van der Waals surface area contributed by atoms with Gasteiger partial charge in [-0.1, -0.05) is 25.1 Å². The molecule has 0 aliphatic heterocycles. The number of aryl methyl sites for hydroxylation is 1. The summed E-state index contributed by atoms with van der Waals surface area (Å²) in [5.41, 5.74) is 2.45. The Morgan fingerprint density at radius 3 is 3.06 bits per heavy atom. The van der Waals surface area contributed by atoms with Gasteiger partial charge in [0.25, 0.3) is 0 Å². The number of fused-ring (bicyclic) bond motifs is 3. The first kappa shape index (κ1) is 9.15. The largest absolute Gasteiger partial charge is 0.366 e. The summed E-state index contributed by atoms with van der Waals surface area (Å²) in [5.74, 6) is 0. The summed E-state index contributed by atoms with van der Waals surface area (Å²) < 4.78 is 4.78. The Hall–Kier alpha value is -2.10. The van der Waals surface area contributed by atoms with Gasteiger partial charge in [0.1, 0.15) is 5.39 Å². The molecule has 0 fully saturated rings. The van der Waals surface area contributed by atoms with Gasteiger partial charge in [-0.3, -0.25) is 4.98 Å². The molecule has 4 nitrogen and oxygen atoms in total. The minimum atomic E-state index is -0.369. The highest BCUT2D eigenvalue weighted by Gasteiger charge is 2.09. The van der Waals surface area contributed by atoms with Crippen LogP contribution in [0.1, 0.15) is 12.5 Å². The quantitative estimate of drug-likeness (QED) is 0.675. The van der Waals surface area contributed by atoms with E-state index in [1.165, 1.54) is 5.56 Å². The van der Waals surface area contributed by atoms with E-state index in [2.05, 4.69) is 17.1 Å². The smallest absolute Gasteiger partial charge is 0.338 e. The predicted molar refractivity (Wildman–Crippen MR) is 61.5 cm³/mol. The average molecular weight is 214 g/mol. The van der Waals surface area contributed by atoms with Crippen LogP contribution in [-0.2, 0) is 6.42 Å². The summed E-state index contributed by atoms with van der Waals surface area (Å²) in [7, 11) is 0. The van der Waals surface area contributed by atoms with Gasteiger partial charge in [0.05, 0.1) is 11.0 Å². The van der Waals surface area contributed by atoms with Crippen molar-refractivity contribution in [2.24, 2.45) is 0 Å². The standard InChI is InChI=1S/C12H10N2O2/c1-2-7-4-3-5-8-10(7)13-6-9-11(8)14-16-12(9)15/h3-6,14H,2H2,1H3. The van der Waals surface area contributed by atoms with Crippen LogP contribution in [0.4, 0.5) is 0 Å². The number of pyridine rings is 1. The molecule has 3 rings (SSSR count). The van der Waals surface area contributed by atoms with Crippen LogP contribution in [0.5, 0.6) is 0 Å². The molecule has 0 radical (unpaired) electrons. The van der Waals surface area contributed by atoms with Crippen molar-refractivity contribution in [2.45, 2.75) is 13.3 Å². The van der Waals surface area contributed by atoms with E-state index in [0.29, 0.717) is 5.39 Å². The van der Waals surface area contributed by atoms with Crippen molar-refractivity contribution in [1.82, 2.24) is 10.1 Å². The van der Waals surface area contributed by atoms with E-state index < -0.39 is 0 Å². The second kappa shape index (κ2) is 3.20. The van der Waals surface area contributed by atoms with Gasteiger partial charge >= 0.3 is 5.63 Å². The van der Waals surface area contributed by atoms with Gasteiger partial charge in [0.2, 0.25) is 0 Å². The van der Waals surface area contributed by atoms with Gasteiger partial charge in [0, 0.05) is 11.6 Å². The average Bonchev–Trinajstić information content (AvgIpc) is 2.70. The third kappa shape index (κ3) is 1.10. The van der Waals surface area contributed by atoms with E-state index in [4.69, 9.17) is 4.52 Å². The van der Waals surface area contributed by atoms with Crippen molar-refractivity contribution in [1.29, 1.82) is 0 Å². The van der Waals surface area contributed by atoms with Gasteiger partial charge in [-0.25, -0.2) is 9.95 Å². The van der Waals surface area contributed by atoms with Crippen molar-refractivity contribution in [3.8, 4) is 0 Å². The molecule has 1 aromatic carbocycles. The molecule has 0 bridgehead atoms. The highest BCUT2D eigenvalue weighted by molar-refractivity contribution is 6.03. The van der Waals surface area contributed by atoms with Crippen LogP contribution in [0.3, 0.4) is 0 Å². The summed E-state index contributed by atoms with van der Waals surface area (Å²) in [4.78, 5) is 15.7. The number of para-hydroxylation sites is 1. The lowest BCUT2D eigenvalue weighted by molar-refractivity contribution is 0.400. The lowest BCUT2D eigenvalue weighted by Gasteiger charge is -2.02. The minimum Gasteiger partial charge on any atom is -0.338 e. The molecule has 2 heterocycles. The van der Waals surface area contributed by atoms with Gasteiger partial charge < -0.3 is 4.52 Å². The maximum absolute atomic E-state index is 11.3.